The third kappa shape index (κ3) is 5.07. The molecule has 0 saturated carbocycles. The first-order valence-electron chi connectivity index (χ1n) is 6.93. The SMILES string of the molecule is CCNCc1cc(C)c(OC(C)C(=O)NC(N)=O)c(C)c1. The summed E-state index contributed by atoms with van der Waals surface area (Å²) in [5.74, 6) is 0.0976. The van der Waals surface area contributed by atoms with Crippen LogP contribution < -0.4 is 21.1 Å². The zero-order chi connectivity index (χ0) is 16.0. The van der Waals surface area contributed by atoms with Gasteiger partial charge in [0.2, 0.25) is 0 Å². The summed E-state index contributed by atoms with van der Waals surface area (Å²) in [7, 11) is 0. The highest BCUT2D eigenvalue weighted by Gasteiger charge is 2.18. The smallest absolute Gasteiger partial charge is 0.318 e. The number of imide groups is 1. The van der Waals surface area contributed by atoms with Crippen LogP contribution in [0.4, 0.5) is 4.79 Å². The Morgan fingerprint density at radius 2 is 1.86 bits per heavy atom. The van der Waals surface area contributed by atoms with Crippen LogP contribution in [0.5, 0.6) is 5.75 Å². The number of urea groups is 1. The Labute approximate surface area is 125 Å². The van der Waals surface area contributed by atoms with Crippen molar-refractivity contribution in [3.63, 3.8) is 0 Å². The van der Waals surface area contributed by atoms with E-state index in [0.29, 0.717) is 5.75 Å². The minimum Gasteiger partial charge on any atom is -0.480 e. The largest absolute Gasteiger partial charge is 0.480 e. The Morgan fingerprint density at radius 3 is 2.33 bits per heavy atom. The summed E-state index contributed by atoms with van der Waals surface area (Å²) >= 11 is 0. The average Bonchev–Trinajstić information content (AvgIpc) is 2.39. The molecule has 0 radical (unpaired) electrons. The van der Waals surface area contributed by atoms with Gasteiger partial charge in [-0.05, 0) is 44.0 Å². The number of rotatable bonds is 6. The van der Waals surface area contributed by atoms with E-state index in [4.69, 9.17) is 10.5 Å². The standard InChI is InChI=1S/C15H23N3O3/c1-5-17-8-12-6-9(2)13(10(3)7-12)21-11(4)14(19)18-15(16)20/h6-7,11,17H,5,8H2,1-4H3,(H3,16,18,19,20). The molecule has 3 amide bonds. The molecule has 0 aromatic heterocycles. The summed E-state index contributed by atoms with van der Waals surface area (Å²) < 4.78 is 5.66. The van der Waals surface area contributed by atoms with E-state index in [1.165, 1.54) is 0 Å². The molecule has 0 fully saturated rings. The molecule has 4 N–H and O–H groups in total. The van der Waals surface area contributed by atoms with Crippen molar-refractivity contribution in [3.8, 4) is 5.75 Å². The van der Waals surface area contributed by atoms with Gasteiger partial charge in [-0.3, -0.25) is 10.1 Å². The first-order chi connectivity index (χ1) is 9.85. The molecule has 6 heteroatoms. The first-order valence-corrected chi connectivity index (χ1v) is 6.93. The van der Waals surface area contributed by atoms with Gasteiger partial charge in [0.15, 0.2) is 6.10 Å². The number of nitrogens with one attached hydrogen (secondary N) is 2. The predicted molar refractivity (Wildman–Crippen MR) is 81.1 cm³/mol. The van der Waals surface area contributed by atoms with Gasteiger partial charge in [0.25, 0.3) is 5.91 Å². The van der Waals surface area contributed by atoms with Gasteiger partial charge in [0.1, 0.15) is 5.75 Å². The zero-order valence-electron chi connectivity index (χ0n) is 12.9. The minimum atomic E-state index is -0.884. The predicted octanol–water partition coefficient (Wildman–Crippen LogP) is 1.38. The van der Waals surface area contributed by atoms with E-state index in [2.05, 4.69) is 12.2 Å². The van der Waals surface area contributed by atoms with Gasteiger partial charge < -0.3 is 15.8 Å². The highest BCUT2D eigenvalue weighted by Crippen LogP contribution is 2.26. The Kier molecular flexibility index (Phi) is 6.17. The highest BCUT2D eigenvalue weighted by atomic mass is 16.5. The van der Waals surface area contributed by atoms with Gasteiger partial charge in [-0.2, -0.15) is 0 Å². The van der Waals surface area contributed by atoms with E-state index in [9.17, 15) is 9.59 Å². The van der Waals surface area contributed by atoms with Gasteiger partial charge in [0.05, 0.1) is 0 Å². The lowest BCUT2D eigenvalue weighted by Crippen LogP contribution is -2.42. The Bertz CT molecular complexity index is 506. The van der Waals surface area contributed by atoms with Crippen molar-refractivity contribution in [2.75, 3.05) is 6.54 Å². The number of hydrogen-bond acceptors (Lipinski definition) is 4. The maximum absolute atomic E-state index is 11.6. The van der Waals surface area contributed by atoms with Crippen molar-refractivity contribution in [2.24, 2.45) is 5.73 Å². The zero-order valence-corrected chi connectivity index (χ0v) is 12.9. The maximum atomic E-state index is 11.6. The molecule has 1 rings (SSSR count). The van der Waals surface area contributed by atoms with E-state index >= 15 is 0 Å². The Balaban J connectivity index is 2.84. The molecular formula is C15H23N3O3. The number of hydrogen-bond donors (Lipinski definition) is 3. The molecular weight excluding hydrogens is 270 g/mol. The first kappa shape index (κ1) is 17.0. The normalized spacial score (nSPS) is 11.8. The van der Waals surface area contributed by atoms with Gasteiger partial charge >= 0.3 is 6.03 Å². The van der Waals surface area contributed by atoms with Gasteiger partial charge in [-0.1, -0.05) is 19.1 Å². The summed E-state index contributed by atoms with van der Waals surface area (Å²) in [4.78, 5) is 22.3. The molecule has 21 heavy (non-hydrogen) atoms. The summed E-state index contributed by atoms with van der Waals surface area (Å²) in [5, 5.41) is 5.27. The lowest BCUT2D eigenvalue weighted by molar-refractivity contribution is -0.126. The van der Waals surface area contributed by atoms with Crippen molar-refractivity contribution < 1.29 is 14.3 Å². The Morgan fingerprint density at radius 1 is 1.29 bits per heavy atom. The highest BCUT2D eigenvalue weighted by molar-refractivity contribution is 5.95. The average molecular weight is 293 g/mol. The monoisotopic (exact) mass is 293 g/mol. The fourth-order valence-electron chi connectivity index (χ4n) is 2.05. The second-order valence-corrected chi connectivity index (χ2v) is 4.95. The number of benzene rings is 1. The molecule has 0 spiro atoms. The number of ether oxygens (including phenoxy) is 1. The molecule has 1 atom stereocenters. The van der Waals surface area contributed by atoms with Crippen LogP contribution in [-0.4, -0.2) is 24.6 Å². The fraction of sp³-hybridized carbons (Fsp3) is 0.467. The van der Waals surface area contributed by atoms with E-state index in [1.807, 2.05) is 31.3 Å². The molecule has 0 heterocycles. The molecule has 0 saturated heterocycles. The van der Waals surface area contributed by atoms with E-state index in [-0.39, 0.29) is 0 Å². The molecule has 0 bridgehead atoms. The molecule has 1 aromatic rings. The number of aryl methyl sites for hydroxylation is 2. The number of carbonyl (C=O) groups is 2. The fourth-order valence-corrected chi connectivity index (χ4v) is 2.05. The minimum absolute atomic E-state index is 0.557. The number of nitrogens with two attached hydrogens (primary N) is 1. The van der Waals surface area contributed by atoms with E-state index in [0.717, 1.165) is 29.8 Å². The summed E-state index contributed by atoms with van der Waals surface area (Å²) in [6.07, 6.45) is -0.797. The lowest BCUT2D eigenvalue weighted by atomic mass is 10.1. The van der Waals surface area contributed by atoms with Crippen LogP contribution in [-0.2, 0) is 11.3 Å². The van der Waals surface area contributed by atoms with Crippen molar-refractivity contribution >= 4 is 11.9 Å². The van der Waals surface area contributed by atoms with Gasteiger partial charge in [-0.15, -0.1) is 0 Å². The second kappa shape index (κ2) is 7.64. The van der Waals surface area contributed by atoms with Crippen LogP contribution in [0.3, 0.4) is 0 Å². The van der Waals surface area contributed by atoms with Crippen LogP contribution in [0.1, 0.15) is 30.5 Å². The lowest BCUT2D eigenvalue weighted by Gasteiger charge is -2.18. The summed E-state index contributed by atoms with van der Waals surface area (Å²) in [6.45, 7) is 9.17. The third-order valence-electron chi connectivity index (χ3n) is 3.01. The third-order valence-corrected chi connectivity index (χ3v) is 3.01. The molecule has 1 unspecified atom stereocenters. The summed E-state index contributed by atoms with van der Waals surface area (Å²) in [5.41, 5.74) is 7.97. The van der Waals surface area contributed by atoms with Crippen molar-refractivity contribution in [3.05, 3.63) is 28.8 Å². The molecule has 0 aliphatic rings. The Hall–Kier alpha value is -2.08. The van der Waals surface area contributed by atoms with Crippen LogP contribution in [0.25, 0.3) is 0 Å². The molecule has 116 valence electrons. The molecule has 0 aliphatic heterocycles. The number of primary amides is 1. The van der Waals surface area contributed by atoms with E-state index in [1.54, 1.807) is 6.92 Å². The van der Waals surface area contributed by atoms with Crippen LogP contribution in [0, 0.1) is 13.8 Å². The van der Waals surface area contributed by atoms with Crippen molar-refractivity contribution in [1.82, 2.24) is 10.6 Å². The van der Waals surface area contributed by atoms with Crippen LogP contribution in [0.2, 0.25) is 0 Å². The van der Waals surface area contributed by atoms with Gasteiger partial charge in [-0.25, -0.2) is 4.79 Å². The van der Waals surface area contributed by atoms with Crippen LogP contribution in [0.15, 0.2) is 12.1 Å². The van der Waals surface area contributed by atoms with Crippen molar-refractivity contribution in [1.29, 1.82) is 0 Å². The number of carbonyl (C=O) groups excluding carboxylic acids is 2. The second-order valence-electron chi connectivity index (χ2n) is 4.95. The van der Waals surface area contributed by atoms with Gasteiger partial charge in [0, 0.05) is 6.54 Å². The van der Waals surface area contributed by atoms with Crippen molar-refractivity contribution in [2.45, 2.75) is 40.3 Å². The molecule has 6 nitrogen and oxygen atoms in total. The topological polar surface area (TPSA) is 93.4 Å². The summed E-state index contributed by atoms with van der Waals surface area (Å²) in [6, 6.07) is 3.15. The molecule has 1 aromatic carbocycles. The molecule has 0 aliphatic carbocycles. The van der Waals surface area contributed by atoms with Crippen LogP contribution >= 0.6 is 0 Å². The number of amides is 3. The van der Waals surface area contributed by atoms with E-state index < -0.39 is 18.0 Å². The quantitative estimate of drug-likeness (QED) is 0.738. The maximum Gasteiger partial charge on any atom is 0.318 e.